The van der Waals surface area contributed by atoms with Crippen molar-refractivity contribution in [3.05, 3.63) is 0 Å². The molecule has 0 aromatic carbocycles. The number of guanidine groups is 1. The molecule has 1 spiro atoms. The zero-order chi connectivity index (χ0) is 17.0. The number of ether oxygens (including phenoxy) is 1. The van der Waals surface area contributed by atoms with E-state index < -0.39 is 0 Å². The number of likely N-dealkylation sites (N-methyl/N-ethyl adjacent to an activating group) is 1. The Morgan fingerprint density at radius 2 is 1.80 bits per heavy atom. The molecule has 1 N–H and O–H groups in total. The average molecular weight is 464 g/mol. The summed E-state index contributed by atoms with van der Waals surface area (Å²) in [5.74, 6) is 1.13. The molecular formula is C19H37IN4O. The fourth-order valence-electron chi connectivity index (χ4n) is 4.79. The first-order chi connectivity index (χ1) is 11.6. The summed E-state index contributed by atoms with van der Waals surface area (Å²) in [5.41, 5.74) is 0.748. The van der Waals surface area contributed by atoms with Gasteiger partial charge < -0.3 is 19.9 Å². The van der Waals surface area contributed by atoms with Gasteiger partial charge in [-0.1, -0.05) is 12.8 Å². The molecule has 2 heterocycles. The molecule has 146 valence electrons. The molecule has 25 heavy (non-hydrogen) atoms. The van der Waals surface area contributed by atoms with Crippen LogP contribution in [0.2, 0.25) is 0 Å². The van der Waals surface area contributed by atoms with E-state index in [1.165, 1.54) is 45.2 Å². The third-order valence-corrected chi connectivity index (χ3v) is 6.63. The molecule has 0 atom stereocenters. The molecule has 0 aromatic rings. The van der Waals surface area contributed by atoms with Gasteiger partial charge in [0.25, 0.3) is 0 Å². The Bertz CT molecular complexity index is 443. The summed E-state index contributed by atoms with van der Waals surface area (Å²) in [6.07, 6.45) is 9.18. The third-order valence-electron chi connectivity index (χ3n) is 6.63. The van der Waals surface area contributed by atoms with Gasteiger partial charge in [-0.05, 0) is 58.5 Å². The zero-order valence-electron chi connectivity index (χ0n) is 16.4. The summed E-state index contributed by atoms with van der Waals surface area (Å²) >= 11 is 0. The average Bonchev–Trinajstić information content (AvgIpc) is 3.22. The van der Waals surface area contributed by atoms with Gasteiger partial charge in [0.05, 0.1) is 6.54 Å². The summed E-state index contributed by atoms with van der Waals surface area (Å²) < 4.78 is 5.59. The molecule has 6 heteroatoms. The first-order valence-electron chi connectivity index (χ1n) is 9.88. The number of hydrogen-bond donors (Lipinski definition) is 1. The van der Waals surface area contributed by atoms with E-state index in [2.05, 4.69) is 36.1 Å². The Kier molecular flexibility index (Phi) is 7.83. The first-order valence-corrected chi connectivity index (χ1v) is 9.88. The summed E-state index contributed by atoms with van der Waals surface area (Å²) in [6, 6.07) is 0. The van der Waals surface area contributed by atoms with Gasteiger partial charge in [-0.15, -0.1) is 24.0 Å². The third kappa shape index (κ3) is 4.80. The van der Waals surface area contributed by atoms with Crippen molar-refractivity contribution in [1.29, 1.82) is 0 Å². The summed E-state index contributed by atoms with van der Waals surface area (Å²) in [5, 5.41) is 3.55. The molecule has 2 saturated heterocycles. The van der Waals surface area contributed by atoms with Crippen LogP contribution in [0, 0.1) is 5.41 Å². The molecule has 1 aliphatic carbocycles. The van der Waals surface area contributed by atoms with Crippen molar-refractivity contribution >= 4 is 29.9 Å². The van der Waals surface area contributed by atoms with Gasteiger partial charge in [-0.2, -0.15) is 0 Å². The van der Waals surface area contributed by atoms with E-state index in [1.54, 1.807) is 0 Å². The maximum atomic E-state index is 5.59. The molecule has 2 aliphatic heterocycles. The maximum Gasteiger partial charge on any atom is 0.193 e. The molecule has 0 bridgehead atoms. The van der Waals surface area contributed by atoms with Crippen LogP contribution in [0.3, 0.4) is 0 Å². The lowest BCUT2D eigenvalue weighted by Crippen LogP contribution is -2.52. The van der Waals surface area contributed by atoms with Crippen LogP contribution in [0.5, 0.6) is 0 Å². The number of likely N-dealkylation sites (tertiary alicyclic amines) is 1. The van der Waals surface area contributed by atoms with Crippen LogP contribution >= 0.6 is 24.0 Å². The van der Waals surface area contributed by atoms with E-state index in [-0.39, 0.29) is 29.5 Å². The van der Waals surface area contributed by atoms with E-state index in [4.69, 9.17) is 9.73 Å². The Hall–Kier alpha value is -0.0800. The van der Waals surface area contributed by atoms with E-state index in [1.807, 2.05) is 0 Å². The van der Waals surface area contributed by atoms with Crippen LogP contribution in [0.1, 0.15) is 51.9 Å². The van der Waals surface area contributed by atoms with Crippen LogP contribution in [0.4, 0.5) is 0 Å². The number of rotatable bonds is 4. The summed E-state index contributed by atoms with van der Waals surface area (Å²) in [7, 11) is 4.38. The summed E-state index contributed by atoms with van der Waals surface area (Å²) in [6.45, 7) is 8.08. The molecule has 3 rings (SSSR count). The monoisotopic (exact) mass is 464 g/mol. The van der Waals surface area contributed by atoms with Crippen LogP contribution < -0.4 is 5.32 Å². The van der Waals surface area contributed by atoms with Crippen molar-refractivity contribution in [2.45, 2.75) is 57.4 Å². The standard InChI is InChI=1S/C19H36N4O.HI/c1-4-20-17(23-12-9-18(16-23)7-5-6-8-18)21-15-19(22(2)3)10-13-24-14-11-19;/h4-16H2,1-3H3,(H,20,21);1H. The fourth-order valence-corrected chi connectivity index (χ4v) is 4.79. The van der Waals surface area contributed by atoms with Crippen molar-refractivity contribution in [1.82, 2.24) is 15.1 Å². The fraction of sp³-hybridized carbons (Fsp3) is 0.947. The number of nitrogens with one attached hydrogen (secondary N) is 1. The molecule has 3 fully saturated rings. The second-order valence-corrected chi connectivity index (χ2v) is 8.28. The minimum atomic E-state index is 0. The molecule has 0 aromatic heterocycles. The second-order valence-electron chi connectivity index (χ2n) is 8.28. The maximum absolute atomic E-state index is 5.59. The number of halogens is 1. The van der Waals surface area contributed by atoms with Crippen molar-refractivity contribution in [2.24, 2.45) is 10.4 Å². The van der Waals surface area contributed by atoms with Crippen LogP contribution in [0.25, 0.3) is 0 Å². The van der Waals surface area contributed by atoms with Crippen molar-refractivity contribution < 1.29 is 4.74 Å². The molecule has 1 saturated carbocycles. The van der Waals surface area contributed by atoms with Crippen LogP contribution in [-0.4, -0.2) is 74.8 Å². The van der Waals surface area contributed by atoms with E-state index in [0.717, 1.165) is 45.1 Å². The van der Waals surface area contributed by atoms with Gasteiger partial charge in [-0.3, -0.25) is 4.99 Å². The molecule has 0 unspecified atom stereocenters. The highest BCUT2D eigenvalue weighted by Crippen LogP contribution is 2.45. The number of hydrogen-bond acceptors (Lipinski definition) is 3. The van der Waals surface area contributed by atoms with Gasteiger partial charge in [0, 0.05) is 38.4 Å². The predicted octanol–water partition coefficient (Wildman–Crippen LogP) is 2.95. The molecule has 0 amide bonds. The van der Waals surface area contributed by atoms with E-state index >= 15 is 0 Å². The highest BCUT2D eigenvalue weighted by atomic mass is 127. The lowest BCUT2D eigenvalue weighted by atomic mass is 9.86. The van der Waals surface area contributed by atoms with Crippen LogP contribution in [0.15, 0.2) is 4.99 Å². The highest BCUT2D eigenvalue weighted by Gasteiger charge is 2.41. The minimum absolute atomic E-state index is 0. The van der Waals surface area contributed by atoms with Gasteiger partial charge in [0.15, 0.2) is 5.96 Å². The normalized spacial score (nSPS) is 25.4. The first kappa shape index (κ1) is 21.2. The number of nitrogens with zero attached hydrogens (tertiary/aromatic N) is 3. The summed E-state index contributed by atoms with van der Waals surface area (Å²) in [4.78, 5) is 9.99. The highest BCUT2D eigenvalue weighted by molar-refractivity contribution is 14.0. The van der Waals surface area contributed by atoms with Gasteiger partial charge in [0.2, 0.25) is 0 Å². The minimum Gasteiger partial charge on any atom is -0.381 e. The van der Waals surface area contributed by atoms with Crippen molar-refractivity contribution in [2.75, 3.05) is 53.5 Å². The second kappa shape index (κ2) is 9.22. The Morgan fingerprint density at radius 1 is 1.12 bits per heavy atom. The molecule has 5 nitrogen and oxygen atoms in total. The van der Waals surface area contributed by atoms with Crippen LogP contribution in [-0.2, 0) is 4.74 Å². The Labute approximate surface area is 171 Å². The zero-order valence-corrected chi connectivity index (χ0v) is 18.7. The van der Waals surface area contributed by atoms with Crippen molar-refractivity contribution in [3.63, 3.8) is 0 Å². The van der Waals surface area contributed by atoms with Gasteiger partial charge in [-0.25, -0.2) is 0 Å². The lowest BCUT2D eigenvalue weighted by molar-refractivity contribution is -0.00263. The Morgan fingerprint density at radius 3 is 2.40 bits per heavy atom. The Balaban J connectivity index is 0.00000225. The lowest BCUT2D eigenvalue weighted by Gasteiger charge is -2.42. The number of aliphatic imine (C=N–C) groups is 1. The van der Waals surface area contributed by atoms with E-state index in [0.29, 0.717) is 5.41 Å². The van der Waals surface area contributed by atoms with Crippen molar-refractivity contribution in [3.8, 4) is 0 Å². The molecule has 0 radical (unpaired) electrons. The quantitative estimate of drug-likeness (QED) is 0.395. The predicted molar refractivity (Wildman–Crippen MR) is 115 cm³/mol. The van der Waals surface area contributed by atoms with Gasteiger partial charge >= 0.3 is 0 Å². The SMILES string of the molecule is CCNC(=NCC1(N(C)C)CCOCC1)N1CCC2(CCCC2)C1.I. The van der Waals surface area contributed by atoms with Gasteiger partial charge in [0.1, 0.15) is 0 Å². The largest absolute Gasteiger partial charge is 0.381 e. The molecule has 3 aliphatic rings. The smallest absolute Gasteiger partial charge is 0.193 e. The topological polar surface area (TPSA) is 40.1 Å². The molecular weight excluding hydrogens is 427 g/mol. The van der Waals surface area contributed by atoms with E-state index in [9.17, 15) is 0 Å².